The number of carbonyl (C=O) groups excluding carboxylic acids is 1. The number of nitrogens with two attached hydrogens (primary N) is 1. The van der Waals surface area contributed by atoms with E-state index in [1.165, 1.54) is 0 Å². The number of nitriles is 1. The highest BCUT2D eigenvalue weighted by Crippen LogP contribution is 2.16. The van der Waals surface area contributed by atoms with Gasteiger partial charge in [-0.05, 0) is 13.8 Å². The first kappa shape index (κ1) is 12.9. The average molecular weight is 225 g/mol. The second kappa shape index (κ2) is 5.83. The molecule has 1 heterocycles. The molecule has 1 aliphatic rings. The Morgan fingerprint density at radius 3 is 2.75 bits per heavy atom. The summed E-state index contributed by atoms with van der Waals surface area (Å²) >= 11 is 0. The van der Waals surface area contributed by atoms with E-state index in [1.54, 1.807) is 4.90 Å². The second-order valence-electron chi connectivity index (χ2n) is 4.34. The number of hydrogen-bond donors (Lipinski definition) is 1. The fourth-order valence-corrected chi connectivity index (χ4v) is 1.83. The summed E-state index contributed by atoms with van der Waals surface area (Å²) in [6.45, 7) is 5.19. The number of rotatable bonds is 4. The van der Waals surface area contributed by atoms with Gasteiger partial charge < -0.3 is 15.4 Å². The van der Waals surface area contributed by atoms with Crippen molar-refractivity contribution in [1.82, 2.24) is 4.90 Å². The highest BCUT2D eigenvalue weighted by molar-refractivity contribution is 5.80. The van der Waals surface area contributed by atoms with Crippen LogP contribution in [-0.2, 0) is 9.53 Å². The van der Waals surface area contributed by atoms with E-state index in [1.807, 2.05) is 13.8 Å². The number of amides is 1. The molecule has 5 nitrogen and oxygen atoms in total. The zero-order valence-corrected chi connectivity index (χ0v) is 9.85. The largest absolute Gasteiger partial charge is 0.379 e. The molecule has 1 fully saturated rings. The van der Waals surface area contributed by atoms with Crippen LogP contribution in [0, 0.1) is 17.2 Å². The molecule has 1 rings (SSSR count). The fourth-order valence-electron chi connectivity index (χ4n) is 1.83. The van der Waals surface area contributed by atoms with Gasteiger partial charge in [0.1, 0.15) is 0 Å². The fraction of sp³-hybridized carbons (Fsp3) is 0.818. The Morgan fingerprint density at radius 2 is 2.31 bits per heavy atom. The normalized spacial score (nSPS) is 24.4. The number of ether oxygens (including phenoxy) is 1. The molecule has 0 saturated carbocycles. The minimum absolute atomic E-state index is 0.00949. The highest BCUT2D eigenvalue weighted by atomic mass is 16.5. The smallest absolute Gasteiger partial charge is 0.229 e. The lowest BCUT2D eigenvalue weighted by Gasteiger charge is -2.29. The van der Waals surface area contributed by atoms with Crippen LogP contribution in [-0.4, -0.2) is 42.6 Å². The number of hydrogen-bond acceptors (Lipinski definition) is 4. The maximum atomic E-state index is 12.2. The van der Waals surface area contributed by atoms with Crippen molar-refractivity contribution in [1.29, 1.82) is 5.26 Å². The molecular formula is C11H19N3O2. The van der Waals surface area contributed by atoms with Gasteiger partial charge in [-0.3, -0.25) is 4.79 Å². The topological polar surface area (TPSA) is 79.3 Å². The van der Waals surface area contributed by atoms with Gasteiger partial charge in [-0.1, -0.05) is 0 Å². The van der Waals surface area contributed by atoms with Crippen LogP contribution >= 0.6 is 0 Å². The van der Waals surface area contributed by atoms with Crippen LogP contribution < -0.4 is 5.73 Å². The van der Waals surface area contributed by atoms with E-state index in [0.717, 1.165) is 0 Å². The molecule has 90 valence electrons. The molecule has 1 amide bonds. The van der Waals surface area contributed by atoms with Crippen LogP contribution in [0.1, 0.15) is 20.3 Å². The lowest BCUT2D eigenvalue weighted by molar-refractivity contribution is -0.137. The maximum absolute atomic E-state index is 12.2. The van der Waals surface area contributed by atoms with E-state index in [-0.39, 0.29) is 23.9 Å². The Balaban J connectivity index is 2.63. The van der Waals surface area contributed by atoms with Crippen LogP contribution in [0.25, 0.3) is 0 Å². The van der Waals surface area contributed by atoms with Crippen molar-refractivity contribution in [3.05, 3.63) is 0 Å². The molecule has 0 aromatic rings. The molecule has 16 heavy (non-hydrogen) atoms. The van der Waals surface area contributed by atoms with Gasteiger partial charge in [0.05, 0.1) is 31.6 Å². The van der Waals surface area contributed by atoms with E-state index < -0.39 is 0 Å². The molecular weight excluding hydrogens is 206 g/mol. The van der Waals surface area contributed by atoms with Crippen molar-refractivity contribution in [2.75, 3.05) is 19.8 Å². The van der Waals surface area contributed by atoms with Gasteiger partial charge in [-0.2, -0.15) is 5.26 Å². The third kappa shape index (κ3) is 2.94. The SMILES string of the molecule is CC(C)N(CCC#N)C(=O)C1COCC1N. The first-order valence-electron chi connectivity index (χ1n) is 5.58. The third-order valence-electron chi connectivity index (χ3n) is 2.81. The van der Waals surface area contributed by atoms with E-state index >= 15 is 0 Å². The predicted octanol–water partition coefficient (Wildman–Crippen LogP) is 0.111. The van der Waals surface area contributed by atoms with Gasteiger partial charge >= 0.3 is 0 Å². The second-order valence-corrected chi connectivity index (χ2v) is 4.34. The van der Waals surface area contributed by atoms with Crippen molar-refractivity contribution in [2.24, 2.45) is 11.7 Å². The van der Waals surface area contributed by atoms with Crippen molar-refractivity contribution in [3.63, 3.8) is 0 Å². The zero-order chi connectivity index (χ0) is 12.1. The molecule has 0 aliphatic carbocycles. The summed E-state index contributed by atoms with van der Waals surface area (Å²) in [4.78, 5) is 13.9. The molecule has 5 heteroatoms. The maximum Gasteiger partial charge on any atom is 0.229 e. The molecule has 0 aromatic carbocycles. The van der Waals surface area contributed by atoms with Gasteiger partial charge in [0, 0.05) is 18.6 Å². The molecule has 1 saturated heterocycles. The van der Waals surface area contributed by atoms with E-state index in [9.17, 15) is 4.79 Å². The van der Waals surface area contributed by atoms with Crippen LogP contribution in [0.4, 0.5) is 0 Å². The van der Waals surface area contributed by atoms with Crippen LogP contribution in [0.3, 0.4) is 0 Å². The van der Waals surface area contributed by atoms with Gasteiger partial charge in [0.2, 0.25) is 5.91 Å². The summed E-state index contributed by atoms with van der Waals surface area (Å²) in [5.41, 5.74) is 5.81. The quantitative estimate of drug-likeness (QED) is 0.736. The minimum atomic E-state index is -0.249. The first-order chi connectivity index (χ1) is 7.57. The van der Waals surface area contributed by atoms with Gasteiger partial charge in [-0.25, -0.2) is 0 Å². The summed E-state index contributed by atoms with van der Waals surface area (Å²) in [6, 6.07) is 1.93. The van der Waals surface area contributed by atoms with Crippen molar-refractivity contribution < 1.29 is 9.53 Å². The molecule has 2 N–H and O–H groups in total. The molecule has 0 spiro atoms. The summed E-state index contributed by atoms with van der Waals surface area (Å²) in [6.07, 6.45) is 0.354. The highest BCUT2D eigenvalue weighted by Gasteiger charge is 2.34. The average Bonchev–Trinajstić information content (AvgIpc) is 2.64. The molecule has 2 unspecified atom stereocenters. The molecule has 0 bridgehead atoms. The minimum Gasteiger partial charge on any atom is -0.379 e. The van der Waals surface area contributed by atoms with Crippen molar-refractivity contribution in [2.45, 2.75) is 32.4 Å². The van der Waals surface area contributed by atoms with Crippen LogP contribution in [0.15, 0.2) is 0 Å². The molecule has 0 radical (unpaired) electrons. The Bertz CT molecular complexity index is 285. The molecule has 1 aliphatic heterocycles. The third-order valence-corrected chi connectivity index (χ3v) is 2.81. The van der Waals surface area contributed by atoms with Crippen molar-refractivity contribution in [3.8, 4) is 6.07 Å². The van der Waals surface area contributed by atoms with Gasteiger partial charge in [0.15, 0.2) is 0 Å². The van der Waals surface area contributed by atoms with E-state index in [0.29, 0.717) is 26.2 Å². The lowest BCUT2D eigenvalue weighted by Crippen LogP contribution is -2.46. The summed E-state index contributed by atoms with van der Waals surface area (Å²) in [7, 11) is 0. The number of nitrogens with zero attached hydrogens (tertiary/aromatic N) is 2. The Labute approximate surface area is 96.2 Å². The predicted molar refractivity (Wildman–Crippen MR) is 59.4 cm³/mol. The van der Waals surface area contributed by atoms with Gasteiger partial charge in [-0.15, -0.1) is 0 Å². The summed E-state index contributed by atoms with van der Waals surface area (Å²) in [5.74, 6) is -0.239. The summed E-state index contributed by atoms with van der Waals surface area (Å²) in [5, 5.41) is 8.56. The zero-order valence-electron chi connectivity index (χ0n) is 9.85. The molecule has 2 atom stereocenters. The lowest BCUT2D eigenvalue weighted by atomic mass is 10.0. The Hall–Kier alpha value is -1.12. The Morgan fingerprint density at radius 1 is 1.62 bits per heavy atom. The van der Waals surface area contributed by atoms with Crippen LogP contribution in [0.5, 0.6) is 0 Å². The monoisotopic (exact) mass is 225 g/mol. The van der Waals surface area contributed by atoms with Crippen LogP contribution in [0.2, 0.25) is 0 Å². The number of carbonyl (C=O) groups is 1. The van der Waals surface area contributed by atoms with Gasteiger partial charge in [0.25, 0.3) is 0 Å². The van der Waals surface area contributed by atoms with Crippen molar-refractivity contribution >= 4 is 5.91 Å². The summed E-state index contributed by atoms with van der Waals surface area (Å²) < 4.78 is 5.19. The molecule has 0 aromatic heterocycles. The Kier molecular flexibility index (Phi) is 4.71. The van der Waals surface area contributed by atoms with E-state index in [4.69, 9.17) is 15.7 Å². The first-order valence-corrected chi connectivity index (χ1v) is 5.58. The van der Waals surface area contributed by atoms with E-state index in [2.05, 4.69) is 6.07 Å². The standard InChI is InChI=1S/C11H19N3O2/c1-8(2)14(5-3-4-12)11(15)9-6-16-7-10(9)13/h8-10H,3,5-7,13H2,1-2H3.